The van der Waals surface area contributed by atoms with Crippen LogP contribution < -0.4 is 0 Å². The van der Waals surface area contributed by atoms with E-state index in [4.69, 9.17) is 0 Å². The smallest absolute Gasteiger partial charge is 0.342 e. The van der Waals surface area contributed by atoms with Gasteiger partial charge in [-0.2, -0.15) is 0 Å². The molecule has 1 aromatic carbocycles. The summed E-state index contributed by atoms with van der Waals surface area (Å²) in [4.78, 5) is 15.5. The fraction of sp³-hybridized carbons (Fsp3) is 0.0833. The molecule has 5 nitrogen and oxygen atoms in total. The quantitative estimate of drug-likeness (QED) is 0.479. The van der Waals surface area contributed by atoms with Gasteiger partial charge < -0.3 is 5.11 Å². The van der Waals surface area contributed by atoms with Crippen molar-refractivity contribution in [2.75, 3.05) is 0 Å². The molecule has 1 aromatic heterocycles. The van der Waals surface area contributed by atoms with Crippen LogP contribution in [-0.4, -0.2) is 26.3 Å². The third kappa shape index (κ3) is 4.06. The van der Waals surface area contributed by atoms with Gasteiger partial charge in [0.1, 0.15) is 10.7 Å². The number of carboxylic acid groups (broad SMARTS) is 1. The molecule has 0 unspecified atom stereocenters. The van der Waals surface area contributed by atoms with E-state index in [0.717, 1.165) is 20.9 Å². The van der Waals surface area contributed by atoms with E-state index in [1.54, 1.807) is 13.0 Å². The van der Waals surface area contributed by atoms with Crippen LogP contribution >= 0.6 is 34.4 Å². The highest BCUT2D eigenvalue weighted by Crippen LogP contribution is 2.25. The number of hydrogen-bond donors (Lipinski definition) is 2. The number of carbonyl (C=O) groups is 1. The van der Waals surface area contributed by atoms with Crippen molar-refractivity contribution < 1.29 is 9.90 Å². The second-order valence-corrected chi connectivity index (χ2v) is 5.93. The van der Waals surface area contributed by atoms with Crippen molar-refractivity contribution in [1.29, 1.82) is 0 Å². The molecule has 2 N–H and O–H groups in total. The van der Waals surface area contributed by atoms with Crippen molar-refractivity contribution in [3.05, 3.63) is 44.1 Å². The molecule has 0 atom stereocenters. The van der Waals surface area contributed by atoms with Gasteiger partial charge >= 0.3 is 5.97 Å². The Labute approximate surface area is 127 Å². The number of aromatic amines is 1. The number of carboxylic acids is 1. The second kappa shape index (κ2) is 6.20. The molecule has 2 aromatic rings. The molecular formula is C12H10IN3O2S. The Balaban J connectivity index is 2.24. The van der Waals surface area contributed by atoms with E-state index >= 15 is 0 Å². The number of aryl methyl sites for hydroxylation is 1. The van der Waals surface area contributed by atoms with Crippen LogP contribution in [0.3, 0.4) is 0 Å². The highest BCUT2D eigenvalue weighted by molar-refractivity contribution is 14.1. The molecule has 0 aliphatic heterocycles. The molecule has 0 amide bonds. The number of aromatic nitrogens is 3. The predicted octanol–water partition coefficient (Wildman–Crippen LogP) is 2.94. The Morgan fingerprint density at radius 2 is 2.11 bits per heavy atom. The summed E-state index contributed by atoms with van der Waals surface area (Å²) in [5.74, 6) is -0.340. The Morgan fingerprint density at radius 3 is 2.63 bits per heavy atom. The predicted molar refractivity (Wildman–Crippen MR) is 81.7 cm³/mol. The lowest BCUT2D eigenvalue weighted by atomic mass is 10.2. The number of halogens is 1. The minimum Gasteiger partial charge on any atom is -0.477 e. The summed E-state index contributed by atoms with van der Waals surface area (Å²) in [5, 5.41) is 16.2. The van der Waals surface area contributed by atoms with Crippen molar-refractivity contribution >= 4 is 46.4 Å². The molecule has 0 aliphatic carbocycles. The highest BCUT2D eigenvalue weighted by atomic mass is 127. The summed E-state index contributed by atoms with van der Waals surface area (Å²) in [6.07, 6.45) is 1.61. The molecule has 0 saturated heterocycles. The fourth-order valence-corrected chi connectivity index (χ4v) is 2.42. The lowest BCUT2D eigenvalue weighted by Gasteiger charge is -1.99. The number of benzene rings is 1. The molecule has 0 fully saturated rings. The second-order valence-electron chi connectivity index (χ2n) is 3.67. The van der Waals surface area contributed by atoms with Gasteiger partial charge in [0, 0.05) is 3.57 Å². The SMILES string of the molecule is Cc1nc(S/C(=C\c2ccc(I)cc2)C(=O)O)n[nH]1. The fourth-order valence-electron chi connectivity index (χ4n) is 1.31. The van der Waals surface area contributed by atoms with E-state index in [1.807, 2.05) is 24.3 Å². The lowest BCUT2D eigenvalue weighted by Crippen LogP contribution is -1.97. The van der Waals surface area contributed by atoms with Gasteiger partial charge in [0.05, 0.1) is 0 Å². The number of hydrogen-bond acceptors (Lipinski definition) is 4. The van der Waals surface area contributed by atoms with E-state index in [-0.39, 0.29) is 4.91 Å². The van der Waals surface area contributed by atoms with Gasteiger partial charge in [-0.1, -0.05) is 12.1 Å². The summed E-state index contributed by atoms with van der Waals surface area (Å²) in [5.41, 5.74) is 0.831. The molecule has 2 rings (SSSR count). The molecule has 0 aliphatic rings. The molecular weight excluding hydrogens is 377 g/mol. The van der Waals surface area contributed by atoms with Crippen LogP contribution in [0.5, 0.6) is 0 Å². The molecule has 19 heavy (non-hydrogen) atoms. The van der Waals surface area contributed by atoms with E-state index in [1.165, 1.54) is 0 Å². The van der Waals surface area contributed by atoms with Gasteiger partial charge in [0.15, 0.2) is 0 Å². The number of H-pyrrole nitrogens is 1. The van der Waals surface area contributed by atoms with Gasteiger partial charge in [0.2, 0.25) is 5.16 Å². The zero-order valence-electron chi connectivity index (χ0n) is 9.92. The largest absolute Gasteiger partial charge is 0.477 e. The molecule has 7 heteroatoms. The van der Waals surface area contributed by atoms with Gasteiger partial charge in [-0.3, -0.25) is 5.10 Å². The van der Waals surface area contributed by atoms with Crippen LogP contribution in [0, 0.1) is 10.5 Å². The Bertz CT molecular complexity index is 622. The van der Waals surface area contributed by atoms with Crippen LogP contribution in [0.4, 0.5) is 0 Å². The van der Waals surface area contributed by atoms with Crippen LogP contribution in [0.25, 0.3) is 6.08 Å². The van der Waals surface area contributed by atoms with Crippen LogP contribution in [0.15, 0.2) is 34.3 Å². The Hall–Kier alpha value is -1.35. The molecule has 0 saturated carbocycles. The summed E-state index contributed by atoms with van der Waals surface area (Å²) >= 11 is 3.22. The van der Waals surface area contributed by atoms with Gasteiger partial charge in [-0.15, -0.1) is 5.10 Å². The van der Waals surface area contributed by atoms with Crippen molar-refractivity contribution in [2.45, 2.75) is 12.1 Å². The van der Waals surface area contributed by atoms with Gasteiger partial charge in [-0.05, 0) is 65.0 Å². The van der Waals surface area contributed by atoms with Crippen molar-refractivity contribution in [3.8, 4) is 0 Å². The first-order chi connectivity index (χ1) is 9.04. The van der Waals surface area contributed by atoms with E-state index < -0.39 is 5.97 Å². The van der Waals surface area contributed by atoms with E-state index in [2.05, 4.69) is 37.8 Å². The van der Waals surface area contributed by atoms with Crippen molar-refractivity contribution in [2.24, 2.45) is 0 Å². The van der Waals surface area contributed by atoms with Crippen LogP contribution in [0.2, 0.25) is 0 Å². The third-order valence-corrected chi connectivity index (χ3v) is 3.75. The summed E-state index contributed by atoms with van der Waals surface area (Å²) in [6, 6.07) is 7.59. The third-order valence-electron chi connectivity index (χ3n) is 2.16. The molecule has 98 valence electrons. The maximum absolute atomic E-state index is 11.2. The maximum Gasteiger partial charge on any atom is 0.342 e. The van der Waals surface area contributed by atoms with Gasteiger partial charge in [0.25, 0.3) is 0 Å². The molecule has 1 heterocycles. The first-order valence-corrected chi connectivity index (χ1v) is 7.21. The first-order valence-electron chi connectivity index (χ1n) is 5.32. The molecule has 0 radical (unpaired) electrons. The van der Waals surface area contributed by atoms with Gasteiger partial charge in [-0.25, -0.2) is 9.78 Å². The minimum atomic E-state index is -0.994. The monoisotopic (exact) mass is 387 g/mol. The minimum absolute atomic E-state index is 0.181. The van der Waals surface area contributed by atoms with Crippen LogP contribution in [-0.2, 0) is 4.79 Å². The van der Waals surface area contributed by atoms with Crippen LogP contribution in [0.1, 0.15) is 11.4 Å². The summed E-state index contributed by atoms with van der Waals surface area (Å²) < 4.78 is 1.10. The summed E-state index contributed by atoms with van der Waals surface area (Å²) in [6.45, 7) is 1.76. The average molecular weight is 387 g/mol. The standard InChI is InChI=1S/C12H10IN3O2S/c1-7-14-12(16-15-7)19-10(11(17)18)6-8-2-4-9(13)5-3-8/h2-6H,1H3,(H,17,18)(H,14,15,16)/b10-6-. The number of thioether (sulfide) groups is 1. The normalized spacial score (nSPS) is 11.6. The summed E-state index contributed by atoms with van der Waals surface area (Å²) in [7, 11) is 0. The van der Waals surface area contributed by atoms with E-state index in [9.17, 15) is 9.90 Å². The lowest BCUT2D eigenvalue weighted by molar-refractivity contribution is -0.131. The first kappa shape index (κ1) is 14.1. The number of aliphatic carboxylic acids is 1. The topological polar surface area (TPSA) is 78.9 Å². The number of rotatable bonds is 4. The highest BCUT2D eigenvalue weighted by Gasteiger charge is 2.12. The molecule has 0 bridgehead atoms. The zero-order chi connectivity index (χ0) is 13.8. The van der Waals surface area contributed by atoms with E-state index in [0.29, 0.717) is 11.0 Å². The Morgan fingerprint density at radius 1 is 1.42 bits per heavy atom. The number of nitrogens with zero attached hydrogens (tertiary/aromatic N) is 2. The Kier molecular flexibility index (Phi) is 4.59. The van der Waals surface area contributed by atoms with Crippen molar-refractivity contribution in [1.82, 2.24) is 15.2 Å². The zero-order valence-corrected chi connectivity index (χ0v) is 12.9. The maximum atomic E-state index is 11.2. The number of nitrogens with one attached hydrogen (secondary N) is 1. The average Bonchev–Trinajstić information content (AvgIpc) is 2.76. The van der Waals surface area contributed by atoms with Crippen molar-refractivity contribution in [3.63, 3.8) is 0 Å². The molecule has 0 spiro atoms.